The standard InChI is InChI=1S/C14H19BCl2N2O2/c1-8(2)5-12(15)19-13(20)7-18-14(21)10-6-9(16)3-4-11(10)17/h3-4,6,8,12H,5,7,15H2,1-2H3,(H,18,21)(H,19,20)/t12-/m0/s1. The third-order valence-electron chi connectivity index (χ3n) is 2.81. The van der Waals surface area contributed by atoms with E-state index in [4.69, 9.17) is 23.2 Å². The number of halogens is 2. The Kier molecular flexibility index (Phi) is 7.05. The predicted molar refractivity (Wildman–Crippen MR) is 88.7 cm³/mol. The van der Waals surface area contributed by atoms with Crippen LogP contribution in [0.15, 0.2) is 18.2 Å². The summed E-state index contributed by atoms with van der Waals surface area (Å²) >= 11 is 11.8. The molecule has 0 saturated carbocycles. The summed E-state index contributed by atoms with van der Waals surface area (Å²) in [5.74, 6) is -0.0758. The molecule has 0 heterocycles. The normalized spacial score (nSPS) is 12.0. The summed E-state index contributed by atoms with van der Waals surface area (Å²) in [4.78, 5) is 23.7. The van der Waals surface area contributed by atoms with Crippen LogP contribution in [0.3, 0.4) is 0 Å². The number of hydrogen-bond donors (Lipinski definition) is 2. The van der Waals surface area contributed by atoms with Crippen molar-refractivity contribution in [2.24, 2.45) is 5.92 Å². The Hall–Kier alpha value is -1.20. The third kappa shape index (κ3) is 6.40. The molecular formula is C14H19BCl2N2O2. The minimum atomic E-state index is -0.422. The quantitative estimate of drug-likeness (QED) is 0.783. The first-order chi connectivity index (χ1) is 9.79. The fourth-order valence-corrected chi connectivity index (χ4v) is 2.39. The molecule has 0 bridgehead atoms. The van der Waals surface area contributed by atoms with Crippen molar-refractivity contribution in [1.82, 2.24) is 10.6 Å². The zero-order valence-electron chi connectivity index (χ0n) is 12.4. The molecule has 1 aromatic rings. The molecule has 0 aliphatic heterocycles. The lowest BCUT2D eigenvalue weighted by molar-refractivity contribution is -0.120. The van der Waals surface area contributed by atoms with Crippen LogP contribution in [0.2, 0.25) is 10.0 Å². The van der Waals surface area contributed by atoms with Crippen molar-refractivity contribution in [3.8, 4) is 0 Å². The Bertz CT molecular complexity index is 524. The molecule has 1 rings (SSSR count). The maximum absolute atomic E-state index is 12.0. The molecule has 4 nitrogen and oxygen atoms in total. The van der Waals surface area contributed by atoms with Crippen LogP contribution in [0, 0.1) is 5.92 Å². The minimum absolute atomic E-state index is 0.0733. The number of rotatable bonds is 6. The van der Waals surface area contributed by atoms with E-state index in [0.717, 1.165) is 6.42 Å². The molecule has 1 atom stereocenters. The van der Waals surface area contributed by atoms with Gasteiger partial charge in [0.2, 0.25) is 5.91 Å². The number of carbonyl (C=O) groups excluding carboxylic acids is 2. The summed E-state index contributed by atoms with van der Waals surface area (Å²) in [6, 6.07) is 4.61. The van der Waals surface area contributed by atoms with Crippen LogP contribution in [0.1, 0.15) is 30.6 Å². The van der Waals surface area contributed by atoms with Gasteiger partial charge in [-0.15, -0.1) is 0 Å². The highest BCUT2D eigenvalue weighted by Gasteiger charge is 2.13. The first kappa shape index (κ1) is 17.9. The molecule has 0 spiro atoms. The van der Waals surface area contributed by atoms with Crippen molar-refractivity contribution in [2.45, 2.75) is 26.2 Å². The average Bonchev–Trinajstić information content (AvgIpc) is 2.37. The van der Waals surface area contributed by atoms with E-state index in [2.05, 4.69) is 24.5 Å². The molecule has 0 aliphatic rings. The number of benzene rings is 1. The van der Waals surface area contributed by atoms with Crippen molar-refractivity contribution in [3.63, 3.8) is 0 Å². The van der Waals surface area contributed by atoms with Crippen LogP contribution < -0.4 is 10.6 Å². The smallest absolute Gasteiger partial charge is 0.253 e. The van der Waals surface area contributed by atoms with Crippen molar-refractivity contribution >= 4 is 42.9 Å². The van der Waals surface area contributed by atoms with Gasteiger partial charge in [0.25, 0.3) is 5.91 Å². The summed E-state index contributed by atoms with van der Waals surface area (Å²) in [6.07, 6.45) is 0.889. The highest BCUT2D eigenvalue weighted by Crippen LogP contribution is 2.20. The third-order valence-corrected chi connectivity index (χ3v) is 3.38. The van der Waals surface area contributed by atoms with Crippen LogP contribution in [0.25, 0.3) is 0 Å². The van der Waals surface area contributed by atoms with Crippen LogP contribution in [-0.4, -0.2) is 32.1 Å². The van der Waals surface area contributed by atoms with E-state index in [0.29, 0.717) is 16.0 Å². The van der Waals surface area contributed by atoms with E-state index < -0.39 is 5.91 Å². The van der Waals surface area contributed by atoms with Crippen molar-refractivity contribution in [1.29, 1.82) is 0 Å². The molecule has 0 aliphatic carbocycles. The van der Waals surface area contributed by atoms with Crippen LogP contribution >= 0.6 is 23.2 Å². The molecule has 0 saturated heterocycles. The molecule has 0 radical (unpaired) electrons. The number of carbonyl (C=O) groups is 2. The molecule has 2 amide bonds. The van der Waals surface area contributed by atoms with Crippen molar-refractivity contribution in [3.05, 3.63) is 33.8 Å². The molecule has 2 N–H and O–H groups in total. The van der Waals surface area contributed by atoms with Crippen LogP contribution in [-0.2, 0) is 4.79 Å². The molecule has 1 aromatic carbocycles. The summed E-state index contributed by atoms with van der Waals surface area (Å²) in [7, 11) is 1.94. The van der Waals surface area contributed by atoms with Crippen LogP contribution in [0.4, 0.5) is 0 Å². The molecule has 0 unspecified atom stereocenters. The van der Waals surface area contributed by atoms with Gasteiger partial charge in [-0.25, -0.2) is 0 Å². The van der Waals surface area contributed by atoms with Gasteiger partial charge in [0, 0.05) is 5.02 Å². The van der Waals surface area contributed by atoms with E-state index in [-0.39, 0.29) is 24.0 Å². The topological polar surface area (TPSA) is 58.2 Å². The lowest BCUT2D eigenvalue weighted by Gasteiger charge is -2.16. The predicted octanol–water partition coefficient (Wildman–Crippen LogP) is 1.84. The second-order valence-electron chi connectivity index (χ2n) is 5.40. The maximum atomic E-state index is 12.0. The SMILES string of the molecule is B[C@H](CC(C)C)NC(=O)CNC(=O)c1cc(Cl)ccc1Cl. The maximum Gasteiger partial charge on any atom is 0.253 e. The molecule has 114 valence electrons. The van der Waals surface area contributed by atoms with E-state index >= 15 is 0 Å². The van der Waals surface area contributed by atoms with Gasteiger partial charge in [0.15, 0.2) is 0 Å². The van der Waals surface area contributed by atoms with E-state index in [9.17, 15) is 9.59 Å². The fraction of sp³-hybridized carbons (Fsp3) is 0.429. The van der Waals surface area contributed by atoms with E-state index in [1.165, 1.54) is 6.07 Å². The number of amides is 2. The van der Waals surface area contributed by atoms with Gasteiger partial charge < -0.3 is 10.6 Å². The first-order valence-corrected chi connectivity index (χ1v) is 7.57. The average molecular weight is 329 g/mol. The molecule has 0 fully saturated rings. The van der Waals surface area contributed by atoms with Crippen molar-refractivity contribution < 1.29 is 9.59 Å². The highest BCUT2D eigenvalue weighted by molar-refractivity contribution is 6.35. The lowest BCUT2D eigenvalue weighted by atomic mass is 9.88. The van der Waals surface area contributed by atoms with Gasteiger partial charge in [-0.3, -0.25) is 9.59 Å². The summed E-state index contributed by atoms with van der Waals surface area (Å²) in [5, 5.41) is 6.08. The highest BCUT2D eigenvalue weighted by atomic mass is 35.5. The second-order valence-corrected chi connectivity index (χ2v) is 6.25. The monoisotopic (exact) mass is 328 g/mol. The summed E-state index contributed by atoms with van der Waals surface area (Å²) in [6.45, 7) is 4.08. The molecule has 21 heavy (non-hydrogen) atoms. The first-order valence-electron chi connectivity index (χ1n) is 6.82. The van der Waals surface area contributed by atoms with E-state index in [1.807, 2.05) is 7.85 Å². The molecular weight excluding hydrogens is 310 g/mol. The van der Waals surface area contributed by atoms with Gasteiger partial charge in [0.05, 0.1) is 17.1 Å². The second kappa shape index (κ2) is 8.30. The molecule has 7 heteroatoms. The van der Waals surface area contributed by atoms with Crippen molar-refractivity contribution in [2.75, 3.05) is 6.54 Å². The Balaban J connectivity index is 2.49. The van der Waals surface area contributed by atoms with Gasteiger partial charge >= 0.3 is 0 Å². The lowest BCUT2D eigenvalue weighted by Crippen LogP contribution is -2.42. The Morgan fingerprint density at radius 3 is 2.57 bits per heavy atom. The van der Waals surface area contributed by atoms with Gasteiger partial charge in [-0.05, 0) is 36.5 Å². The zero-order chi connectivity index (χ0) is 16.0. The van der Waals surface area contributed by atoms with Gasteiger partial charge in [0.1, 0.15) is 7.85 Å². The molecule has 0 aromatic heterocycles. The fourth-order valence-electron chi connectivity index (χ4n) is 2.02. The summed E-state index contributed by atoms with van der Waals surface area (Å²) in [5.41, 5.74) is 0.257. The van der Waals surface area contributed by atoms with Gasteiger partial charge in [-0.1, -0.05) is 37.0 Å². The Labute approximate surface area is 136 Å². The van der Waals surface area contributed by atoms with Crippen LogP contribution in [0.5, 0.6) is 0 Å². The largest absolute Gasteiger partial charge is 0.360 e. The summed E-state index contributed by atoms with van der Waals surface area (Å²) < 4.78 is 0. The van der Waals surface area contributed by atoms with E-state index in [1.54, 1.807) is 12.1 Å². The minimum Gasteiger partial charge on any atom is -0.360 e. The number of nitrogens with one attached hydrogen (secondary N) is 2. The van der Waals surface area contributed by atoms with Gasteiger partial charge in [-0.2, -0.15) is 0 Å². The Morgan fingerprint density at radius 1 is 1.29 bits per heavy atom. The Morgan fingerprint density at radius 2 is 1.95 bits per heavy atom. The number of hydrogen-bond acceptors (Lipinski definition) is 2. The zero-order valence-corrected chi connectivity index (χ0v) is 13.9.